The van der Waals surface area contributed by atoms with Gasteiger partial charge in [0, 0.05) is 18.2 Å². The highest BCUT2D eigenvalue weighted by molar-refractivity contribution is 7.92. The van der Waals surface area contributed by atoms with E-state index in [-0.39, 0.29) is 22.0 Å². The molecule has 1 saturated carbocycles. The summed E-state index contributed by atoms with van der Waals surface area (Å²) in [6.45, 7) is 2.57. The third kappa shape index (κ3) is 5.12. The van der Waals surface area contributed by atoms with Crippen LogP contribution in [0.1, 0.15) is 42.7 Å². The number of oxime groups is 1. The van der Waals surface area contributed by atoms with Gasteiger partial charge in [0.05, 0.1) is 34.3 Å². The molecule has 1 aromatic carbocycles. The summed E-state index contributed by atoms with van der Waals surface area (Å²) < 4.78 is 30.1. The lowest BCUT2D eigenvalue weighted by Crippen LogP contribution is -2.25. The smallest absolute Gasteiger partial charge is 0.280 e. The van der Waals surface area contributed by atoms with Crippen molar-refractivity contribution in [2.24, 2.45) is 5.16 Å². The maximum atomic E-state index is 12.9. The first kappa shape index (κ1) is 21.9. The van der Waals surface area contributed by atoms with Crippen LogP contribution in [0.4, 0.5) is 5.13 Å². The van der Waals surface area contributed by atoms with Crippen LogP contribution in [0.3, 0.4) is 0 Å². The maximum absolute atomic E-state index is 12.9. The van der Waals surface area contributed by atoms with Gasteiger partial charge in [-0.3, -0.25) is 10.1 Å². The average Bonchev–Trinajstić information content (AvgIpc) is 3.29. The standard InChI is InChI=1S/C20H23N3O6S2/c1-12(24)17-10-21-20(30-17)22-19(25)18(23-29-14-8-9-28-11-14)13-2-4-15(5-3-13)31(26,27)16-6-7-16/h2-5,10,12,14,16,24H,6-9,11H2,1H3,(H,21,22,25)/t12?,14-/m1/s1. The Morgan fingerprint density at radius 2 is 2.06 bits per heavy atom. The van der Waals surface area contributed by atoms with Crippen LogP contribution in [0.25, 0.3) is 0 Å². The quantitative estimate of drug-likeness (QED) is 0.452. The molecule has 1 amide bonds. The number of sulfone groups is 1. The lowest BCUT2D eigenvalue weighted by molar-refractivity contribution is -0.110. The number of aromatic nitrogens is 1. The Labute approximate surface area is 184 Å². The fraction of sp³-hybridized carbons (Fsp3) is 0.450. The molecule has 2 N–H and O–H groups in total. The molecular weight excluding hydrogens is 442 g/mol. The van der Waals surface area contributed by atoms with Gasteiger partial charge in [-0.25, -0.2) is 13.4 Å². The number of carbonyl (C=O) groups excluding carboxylic acids is 1. The number of hydrogen-bond acceptors (Lipinski definition) is 9. The van der Waals surface area contributed by atoms with Gasteiger partial charge in [-0.2, -0.15) is 0 Å². The fourth-order valence-electron chi connectivity index (χ4n) is 3.02. The molecule has 2 aromatic rings. The Hall–Kier alpha value is -2.34. The van der Waals surface area contributed by atoms with Gasteiger partial charge in [0.2, 0.25) is 0 Å². The van der Waals surface area contributed by atoms with Crippen LogP contribution >= 0.6 is 11.3 Å². The van der Waals surface area contributed by atoms with Crippen LogP contribution < -0.4 is 5.32 Å². The number of ether oxygens (including phenoxy) is 1. The number of benzene rings is 1. The van der Waals surface area contributed by atoms with Crippen molar-refractivity contribution in [3.05, 3.63) is 40.9 Å². The summed E-state index contributed by atoms with van der Waals surface area (Å²) in [4.78, 5) is 23.4. The van der Waals surface area contributed by atoms with E-state index >= 15 is 0 Å². The summed E-state index contributed by atoms with van der Waals surface area (Å²) in [7, 11) is -3.33. The summed E-state index contributed by atoms with van der Waals surface area (Å²) in [6, 6.07) is 6.06. The van der Waals surface area contributed by atoms with Crippen LogP contribution in [0, 0.1) is 0 Å². The van der Waals surface area contributed by atoms with Gasteiger partial charge in [0.15, 0.2) is 26.8 Å². The molecule has 1 aliphatic heterocycles. The number of rotatable bonds is 8. The topological polar surface area (TPSA) is 127 Å². The lowest BCUT2D eigenvalue weighted by atomic mass is 10.1. The van der Waals surface area contributed by atoms with Crippen molar-refractivity contribution in [1.29, 1.82) is 0 Å². The Kier molecular flexibility index (Phi) is 6.37. The van der Waals surface area contributed by atoms with Crippen LogP contribution in [-0.2, 0) is 24.2 Å². The molecule has 166 valence electrons. The van der Waals surface area contributed by atoms with Crippen molar-refractivity contribution in [2.45, 2.75) is 48.5 Å². The zero-order valence-corrected chi connectivity index (χ0v) is 18.5. The Morgan fingerprint density at radius 3 is 2.65 bits per heavy atom. The minimum Gasteiger partial charge on any atom is -0.389 e. The highest BCUT2D eigenvalue weighted by Crippen LogP contribution is 2.33. The predicted octanol–water partition coefficient (Wildman–Crippen LogP) is 2.28. The molecule has 1 unspecified atom stereocenters. The Balaban J connectivity index is 1.57. The summed E-state index contributed by atoms with van der Waals surface area (Å²) in [5, 5.41) is 16.4. The fourth-order valence-corrected chi connectivity index (χ4v) is 5.42. The van der Waals surface area contributed by atoms with Gasteiger partial charge in [0.1, 0.15) is 0 Å². The first-order valence-electron chi connectivity index (χ1n) is 9.95. The van der Waals surface area contributed by atoms with Crippen molar-refractivity contribution in [3.8, 4) is 0 Å². The van der Waals surface area contributed by atoms with Crippen molar-refractivity contribution >= 4 is 37.9 Å². The number of carbonyl (C=O) groups is 1. The number of nitrogens with one attached hydrogen (secondary N) is 1. The average molecular weight is 466 g/mol. The molecule has 0 spiro atoms. The van der Waals surface area contributed by atoms with Gasteiger partial charge in [-0.1, -0.05) is 28.6 Å². The van der Waals surface area contributed by atoms with Gasteiger partial charge in [0.25, 0.3) is 5.91 Å². The number of aliphatic hydroxyl groups is 1. The molecule has 9 nitrogen and oxygen atoms in total. The number of nitrogens with zero attached hydrogens (tertiary/aromatic N) is 2. The third-order valence-corrected chi connectivity index (χ3v) is 8.33. The second kappa shape index (κ2) is 9.03. The van der Waals surface area contributed by atoms with Crippen molar-refractivity contribution in [3.63, 3.8) is 0 Å². The van der Waals surface area contributed by atoms with Crippen LogP contribution in [0.15, 0.2) is 40.5 Å². The number of amides is 1. The molecule has 0 radical (unpaired) electrons. The van der Waals surface area contributed by atoms with Crippen molar-refractivity contribution in [1.82, 2.24) is 4.98 Å². The minimum atomic E-state index is -3.33. The largest absolute Gasteiger partial charge is 0.389 e. The molecule has 0 bridgehead atoms. The van der Waals surface area contributed by atoms with E-state index in [1.807, 2.05) is 0 Å². The molecule has 1 aliphatic carbocycles. The zero-order valence-electron chi connectivity index (χ0n) is 16.9. The molecule has 2 atom stereocenters. The molecule has 2 heterocycles. The van der Waals surface area contributed by atoms with E-state index in [9.17, 15) is 18.3 Å². The zero-order chi connectivity index (χ0) is 22.0. The number of anilines is 1. The lowest BCUT2D eigenvalue weighted by Gasteiger charge is -2.10. The van der Waals surface area contributed by atoms with E-state index in [1.54, 1.807) is 19.1 Å². The van der Waals surface area contributed by atoms with Crippen LogP contribution in [-0.4, -0.2) is 54.7 Å². The molecule has 31 heavy (non-hydrogen) atoms. The van der Waals surface area contributed by atoms with E-state index in [0.717, 1.165) is 11.3 Å². The van der Waals surface area contributed by atoms with Gasteiger partial charge in [-0.05, 0) is 31.9 Å². The third-order valence-electron chi connectivity index (χ3n) is 4.97. The van der Waals surface area contributed by atoms with Crippen LogP contribution in [0.2, 0.25) is 0 Å². The van der Waals surface area contributed by atoms with Gasteiger partial charge >= 0.3 is 0 Å². The van der Waals surface area contributed by atoms with E-state index in [2.05, 4.69) is 15.5 Å². The summed E-state index contributed by atoms with van der Waals surface area (Å²) in [5.74, 6) is -0.553. The molecule has 11 heteroatoms. The van der Waals surface area contributed by atoms with Crippen molar-refractivity contribution < 1.29 is 27.9 Å². The van der Waals surface area contributed by atoms with Gasteiger partial charge < -0.3 is 14.7 Å². The second-order valence-corrected chi connectivity index (χ2v) is 10.8. The molecule has 2 fully saturated rings. The van der Waals surface area contributed by atoms with E-state index in [1.165, 1.54) is 18.3 Å². The normalized spacial score (nSPS) is 20.5. The minimum absolute atomic E-state index is 0.00364. The number of thiazole rings is 1. The first-order chi connectivity index (χ1) is 14.8. The van der Waals surface area contributed by atoms with E-state index in [0.29, 0.717) is 48.0 Å². The first-order valence-corrected chi connectivity index (χ1v) is 12.3. The van der Waals surface area contributed by atoms with E-state index in [4.69, 9.17) is 9.57 Å². The highest BCUT2D eigenvalue weighted by Gasteiger charge is 2.36. The SMILES string of the molecule is CC(O)c1cnc(NC(=O)C(=NO[C@@H]2CCOC2)c2ccc(S(=O)(=O)C3CC3)cc2)s1. The molecule has 1 aromatic heterocycles. The summed E-state index contributed by atoms with van der Waals surface area (Å²) >= 11 is 1.15. The van der Waals surface area contributed by atoms with E-state index < -0.39 is 21.8 Å². The molecule has 2 aliphatic rings. The number of aliphatic hydroxyl groups excluding tert-OH is 1. The molecule has 1 saturated heterocycles. The second-order valence-electron chi connectivity index (χ2n) is 7.50. The Bertz CT molecular complexity index is 1070. The van der Waals surface area contributed by atoms with Crippen LogP contribution in [0.5, 0.6) is 0 Å². The summed E-state index contributed by atoms with van der Waals surface area (Å²) in [6.07, 6.45) is 2.58. The van der Waals surface area contributed by atoms with Gasteiger partial charge in [-0.15, -0.1) is 0 Å². The monoisotopic (exact) mass is 465 g/mol. The highest BCUT2D eigenvalue weighted by atomic mass is 32.2. The number of hydrogen-bond donors (Lipinski definition) is 2. The Morgan fingerprint density at radius 1 is 1.32 bits per heavy atom. The van der Waals surface area contributed by atoms with Crippen molar-refractivity contribution in [2.75, 3.05) is 18.5 Å². The molecule has 4 rings (SSSR count). The maximum Gasteiger partial charge on any atom is 0.280 e. The predicted molar refractivity (Wildman–Crippen MR) is 115 cm³/mol. The molecular formula is C20H23N3O6S2. The summed E-state index contributed by atoms with van der Waals surface area (Å²) in [5.41, 5.74) is 0.412.